The third-order valence-corrected chi connectivity index (χ3v) is 4.33. The summed E-state index contributed by atoms with van der Waals surface area (Å²) in [5.41, 5.74) is 5.88. The fourth-order valence-corrected chi connectivity index (χ4v) is 3.32. The Morgan fingerprint density at radius 3 is 2.83 bits per heavy atom. The van der Waals surface area contributed by atoms with Gasteiger partial charge in [-0.2, -0.15) is 0 Å². The fourth-order valence-electron chi connectivity index (χ4n) is 3.32. The first-order valence-electron chi connectivity index (χ1n) is 6.66. The first-order valence-corrected chi connectivity index (χ1v) is 6.66. The van der Waals surface area contributed by atoms with Crippen LogP contribution in [0.5, 0.6) is 0 Å². The predicted octanol–water partition coefficient (Wildman–Crippen LogP) is 1.47. The number of hydrogen-bond acceptors (Lipinski definition) is 3. The summed E-state index contributed by atoms with van der Waals surface area (Å²) in [7, 11) is 0. The minimum Gasteiger partial charge on any atom is -0.377 e. The Kier molecular flexibility index (Phi) is 5.04. The molecule has 2 aliphatic rings. The molecule has 0 bridgehead atoms. The minimum absolute atomic E-state index is 0. The van der Waals surface area contributed by atoms with E-state index >= 15 is 0 Å². The van der Waals surface area contributed by atoms with Gasteiger partial charge in [-0.25, -0.2) is 0 Å². The van der Waals surface area contributed by atoms with E-state index in [9.17, 15) is 4.79 Å². The summed E-state index contributed by atoms with van der Waals surface area (Å²) in [6.07, 6.45) is 3.07. The molecule has 5 heteroatoms. The number of fused-ring (bicyclic) bond motifs is 1. The molecule has 1 saturated carbocycles. The molecule has 0 aromatic carbocycles. The molecule has 0 aromatic rings. The zero-order valence-electron chi connectivity index (χ0n) is 11.4. The molecule has 2 rings (SSSR count). The van der Waals surface area contributed by atoms with E-state index in [1.54, 1.807) is 0 Å². The van der Waals surface area contributed by atoms with Crippen LogP contribution < -0.4 is 11.1 Å². The highest BCUT2D eigenvalue weighted by atomic mass is 35.5. The van der Waals surface area contributed by atoms with E-state index in [-0.39, 0.29) is 35.8 Å². The van der Waals surface area contributed by atoms with E-state index in [2.05, 4.69) is 19.2 Å². The van der Waals surface area contributed by atoms with Gasteiger partial charge in [0.1, 0.15) is 0 Å². The smallest absolute Gasteiger partial charge is 0.237 e. The number of ether oxygens (including phenoxy) is 1. The van der Waals surface area contributed by atoms with Crippen LogP contribution in [-0.4, -0.2) is 30.7 Å². The van der Waals surface area contributed by atoms with Gasteiger partial charge in [0.05, 0.1) is 12.1 Å². The van der Waals surface area contributed by atoms with Crippen LogP contribution in [0.4, 0.5) is 0 Å². The summed E-state index contributed by atoms with van der Waals surface area (Å²) < 4.78 is 5.70. The number of amides is 1. The van der Waals surface area contributed by atoms with Gasteiger partial charge in [-0.15, -0.1) is 12.4 Å². The molecule has 0 aromatic heterocycles. The quantitative estimate of drug-likeness (QED) is 0.817. The number of carbonyl (C=O) groups excluding carboxylic acids is 1. The summed E-state index contributed by atoms with van der Waals surface area (Å²) in [6, 6.07) is -0.137. The van der Waals surface area contributed by atoms with E-state index < -0.39 is 0 Å². The maximum atomic E-state index is 11.9. The second-order valence-electron chi connectivity index (χ2n) is 5.95. The number of hydrogen-bond donors (Lipinski definition) is 2. The monoisotopic (exact) mass is 276 g/mol. The van der Waals surface area contributed by atoms with Crippen molar-refractivity contribution in [1.29, 1.82) is 0 Å². The standard InChI is InChI=1S/C13H24N2O2.ClH/c1-4-5-9(14)12(16)15-10-8-6-7-17-11(8)13(10,2)3;/h8-11H,4-7,14H2,1-3H3,(H,15,16);1H. The van der Waals surface area contributed by atoms with Crippen LogP contribution in [0.2, 0.25) is 0 Å². The highest BCUT2D eigenvalue weighted by molar-refractivity contribution is 5.85. The lowest BCUT2D eigenvalue weighted by molar-refractivity contribution is -0.139. The van der Waals surface area contributed by atoms with Crippen LogP contribution in [0.15, 0.2) is 0 Å². The second kappa shape index (κ2) is 5.76. The van der Waals surface area contributed by atoms with Gasteiger partial charge in [-0.1, -0.05) is 27.2 Å². The molecule has 1 amide bonds. The van der Waals surface area contributed by atoms with Crippen LogP contribution in [-0.2, 0) is 9.53 Å². The van der Waals surface area contributed by atoms with Gasteiger partial charge in [0.2, 0.25) is 5.91 Å². The molecule has 4 nitrogen and oxygen atoms in total. The van der Waals surface area contributed by atoms with Gasteiger partial charge in [0.25, 0.3) is 0 Å². The van der Waals surface area contributed by atoms with Crippen molar-refractivity contribution in [2.24, 2.45) is 17.1 Å². The third-order valence-electron chi connectivity index (χ3n) is 4.33. The highest BCUT2D eigenvalue weighted by Gasteiger charge is 2.59. The molecular weight excluding hydrogens is 252 g/mol. The Bertz CT molecular complexity index is 309. The van der Waals surface area contributed by atoms with Crippen molar-refractivity contribution in [3.05, 3.63) is 0 Å². The Labute approximate surface area is 115 Å². The zero-order valence-corrected chi connectivity index (χ0v) is 12.3. The van der Waals surface area contributed by atoms with Crippen molar-refractivity contribution in [3.63, 3.8) is 0 Å². The molecule has 4 unspecified atom stereocenters. The summed E-state index contributed by atoms with van der Waals surface area (Å²) in [5.74, 6) is 0.484. The highest BCUT2D eigenvalue weighted by Crippen LogP contribution is 2.52. The van der Waals surface area contributed by atoms with Crippen LogP contribution in [0.3, 0.4) is 0 Å². The number of nitrogens with one attached hydrogen (secondary N) is 1. The van der Waals surface area contributed by atoms with E-state index in [1.165, 1.54) is 0 Å². The van der Waals surface area contributed by atoms with Crippen molar-refractivity contribution in [1.82, 2.24) is 5.32 Å². The molecule has 18 heavy (non-hydrogen) atoms. The van der Waals surface area contributed by atoms with Crippen molar-refractivity contribution in [3.8, 4) is 0 Å². The first kappa shape index (κ1) is 15.7. The SMILES string of the molecule is CCCC(N)C(=O)NC1C2CCOC2C1(C)C.Cl. The Morgan fingerprint density at radius 1 is 1.56 bits per heavy atom. The Hall–Kier alpha value is -0.320. The number of halogens is 1. The Balaban J connectivity index is 0.00000162. The fraction of sp³-hybridized carbons (Fsp3) is 0.923. The van der Waals surface area contributed by atoms with Crippen molar-refractivity contribution in [2.45, 2.75) is 58.2 Å². The van der Waals surface area contributed by atoms with Crippen molar-refractivity contribution >= 4 is 18.3 Å². The first-order chi connectivity index (χ1) is 7.98. The molecule has 0 radical (unpaired) electrons. The molecule has 1 aliphatic heterocycles. The van der Waals surface area contributed by atoms with Crippen LogP contribution in [0, 0.1) is 11.3 Å². The van der Waals surface area contributed by atoms with Crippen LogP contribution >= 0.6 is 12.4 Å². The molecule has 106 valence electrons. The molecule has 1 aliphatic carbocycles. The zero-order chi connectivity index (χ0) is 12.6. The molecule has 2 fully saturated rings. The summed E-state index contributed by atoms with van der Waals surface area (Å²) >= 11 is 0. The van der Waals surface area contributed by atoms with E-state index in [1.807, 2.05) is 6.92 Å². The molecule has 4 atom stereocenters. The summed E-state index contributed by atoms with van der Waals surface area (Å²) in [4.78, 5) is 11.9. The van der Waals surface area contributed by atoms with Gasteiger partial charge < -0.3 is 15.8 Å². The van der Waals surface area contributed by atoms with E-state index in [0.29, 0.717) is 12.0 Å². The van der Waals surface area contributed by atoms with Crippen molar-refractivity contribution < 1.29 is 9.53 Å². The molecule has 1 heterocycles. The van der Waals surface area contributed by atoms with E-state index in [0.717, 1.165) is 25.9 Å². The number of carbonyl (C=O) groups is 1. The molecule has 3 N–H and O–H groups in total. The van der Waals surface area contributed by atoms with E-state index in [4.69, 9.17) is 10.5 Å². The molecule has 0 spiro atoms. The van der Waals surface area contributed by atoms with Gasteiger partial charge in [-0.3, -0.25) is 4.79 Å². The van der Waals surface area contributed by atoms with Gasteiger partial charge in [-0.05, 0) is 12.8 Å². The lowest BCUT2D eigenvalue weighted by Gasteiger charge is -2.54. The average Bonchev–Trinajstić information content (AvgIpc) is 2.72. The summed E-state index contributed by atoms with van der Waals surface area (Å²) in [5, 5.41) is 3.12. The molecular formula is C13H25ClN2O2. The largest absolute Gasteiger partial charge is 0.377 e. The average molecular weight is 277 g/mol. The van der Waals surface area contributed by atoms with Gasteiger partial charge in [0, 0.05) is 24.0 Å². The lowest BCUT2D eigenvalue weighted by Crippen LogP contribution is -2.68. The van der Waals surface area contributed by atoms with Crippen molar-refractivity contribution in [2.75, 3.05) is 6.61 Å². The maximum absolute atomic E-state index is 11.9. The minimum atomic E-state index is -0.364. The lowest BCUT2D eigenvalue weighted by atomic mass is 9.57. The van der Waals surface area contributed by atoms with Gasteiger partial charge in [0.15, 0.2) is 0 Å². The topological polar surface area (TPSA) is 64.4 Å². The summed E-state index contributed by atoms with van der Waals surface area (Å²) in [6.45, 7) is 7.19. The van der Waals surface area contributed by atoms with Crippen LogP contribution in [0.25, 0.3) is 0 Å². The second-order valence-corrected chi connectivity index (χ2v) is 5.95. The molecule has 1 saturated heterocycles. The number of rotatable bonds is 4. The Morgan fingerprint density at radius 2 is 2.22 bits per heavy atom. The normalized spacial score (nSPS) is 33.9. The van der Waals surface area contributed by atoms with Crippen LogP contribution in [0.1, 0.15) is 40.0 Å². The third kappa shape index (κ3) is 2.51. The maximum Gasteiger partial charge on any atom is 0.237 e. The van der Waals surface area contributed by atoms with Gasteiger partial charge >= 0.3 is 0 Å². The number of nitrogens with two attached hydrogens (primary N) is 1. The predicted molar refractivity (Wildman–Crippen MR) is 73.7 cm³/mol.